The molecule has 0 atom stereocenters. The fourth-order valence-corrected chi connectivity index (χ4v) is 2.57. The quantitative estimate of drug-likeness (QED) is 0.737. The number of methoxy groups -OCH3 is 1. The van der Waals surface area contributed by atoms with Gasteiger partial charge in [-0.05, 0) is 35.9 Å². The topological polar surface area (TPSA) is 84.7 Å². The van der Waals surface area contributed by atoms with Crippen LogP contribution in [0.2, 0.25) is 0 Å². The van der Waals surface area contributed by atoms with Crippen molar-refractivity contribution in [3.63, 3.8) is 0 Å². The predicted octanol–water partition coefficient (Wildman–Crippen LogP) is 3.57. The Bertz CT molecular complexity index is 792. The van der Waals surface area contributed by atoms with E-state index in [-0.39, 0.29) is 30.1 Å². The number of hydrogen-bond donors (Lipinski definition) is 2. The summed E-state index contributed by atoms with van der Waals surface area (Å²) in [7, 11) is 3.31. The highest BCUT2D eigenvalue weighted by molar-refractivity contribution is 6.04. The average molecular weight is 392 g/mol. The Kier molecular flexibility index (Phi) is 8.12. The van der Waals surface area contributed by atoms with Crippen LogP contribution in [0.5, 0.6) is 5.75 Å². The van der Waals surface area contributed by atoms with Gasteiger partial charge in [-0.15, -0.1) is 12.4 Å². The molecule has 0 heterocycles. The minimum atomic E-state index is -0.229. The van der Waals surface area contributed by atoms with Gasteiger partial charge in [-0.3, -0.25) is 9.59 Å². The van der Waals surface area contributed by atoms with Gasteiger partial charge >= 0.3 is 0 Å². The van der Waals surface area contributed by atoms with Gasteiger partial charge in [-0.25, -0.2) is 0 Å². The number of benzene rings is 2. The van der Waals surface area contributed by atoms with Crippen LogP contribution in [0, 0.1) is 5.92 Å². The molecule has 0 saturated carbocycles. The second-order valence-corrected chi connectivity index (χ2v) is 6.46. The molecule has 7 heteroatoms. The first-order chi connectivity index (χ1) is 12.3. The fourth-order valence-electron chi connectivity index (χ4n) is 2.57. The lowest BCUT2D eigenvalue weighted by atomic mass is 10.1. The third-order valence-corrected chi connectivity index (χ3v) is 3.99. The summed E-state index contributed by atoms with van der Waals surface area (Å²) in [6.07, 6.45) is 0. The lowest BCUT2D eigenvalue weighted by molar-refractivity contribution is -0.133. The fraction of sp³-hybridized carbons (Fsp3) is 0.300. The molecule has 2 amide bonds. The molecule has 0 aromatic heterocycles. The zero-order valence-corrected chi connectivity index (χ0v) is 16.8. The van der Waals surface area contributed by atoms with E-state index < -0.39 is 0 Å². The number of rotatable bonds is 6. The van der Waals surface area contributed by atoms with Crippen molar-refractivity contribution in [1.29, 1.82) is 0 Å². The van der Waals surface area contributed by atoms with Gasteiger partial charge in [0.2, 0.25) is 5.91 Å². The summed E-state index contributed by atoms with van der Waals surface area (Å²) in [5, 5.41) is 2.80. The number of nitrogens with zero attached hydrogens (tertiary/aromatic N) is 1. The number of carbonyl (C=O) groups is 2. The lowest BCUT2D eigenvalue weighted by Crippen LogP contribution is -2.29. The third kappa shape index (κ3) is 5.89. The summed E-state index contributed by atoms with van der Waals surface area (Å²) in [4.78, 5) is 26.0. The second-order valence-electron chi connectivity index (χ2n) is 6.46. The highest BCUT2D eigenvalue weighted by Crippen LogP contribution is 2.24. The smallest absolute Gasteiger partial charge is 0.255 e. The van der Waals surface area contributed by atoms with E-state index in [2.05, 4.69) is 5.32 Å². The van der Waals surface area contributed by atoms with Crippen LogP contribution >= 0.6 is 12.4 Å². The number of nitrogens with one attached hydrogen (secondary N) is 1. The molecule has 0 aliphatic rings. The zero-order valence-electron chi connectivity index (χ0n) is 16.0. The first-order valence-electron chi connectivity index (χ1n) is 8.40. The van der Waals surface area contributed by atoms with Gasteiger partial charge in [-0.1, -0.05) is 26.0 Å². The molecule has 3 N–H and O–H groups in total. The minimum absolute atomic E-state index is 0. The standard InChI is InChI=1S/C20H25N3O3.ClH/c1-13(2)20(25)23(3)12-14-5-7-15(8-6-14)19(24)22-16-9-10-18(26-4)17(21)11-16;/h5-11,13H,12,21H2,1-4H3,(H,22,24);1H. The highest BCUT2D eigenvalue weighted by atomic mass is 35.5. The van der Waals surface area contributed by atoms with Crippen molar-refractivity contribution in [3.05, 3.63) is 53.6 Å². The monoisotopic (exact) mass is 391 g/mol. The van der Waals surface area contributed by atoms with Gasteiger partial charge in [0, 0.05) is 30.8 Å². The molecule has 0 spiro atoms. The van der Waals surface area contributed by atoms with Crippen LogP contribution in [0.4, 0.5) is 11.4 Å². The summed E-state index contributed by atoms with van der Waals surface area (Å²) in [5.41, 5.74) is 8.40. The maximum atomic E-state index is 12.4. The summed E-state index contributed by atoms with van der Waals surface area (Å²) in [5.74, 6) is 0.381. The van der Waals surface area contributed by atoms with Gasteiger partial charge in [0.15, 0.2) is 0 Å². The van der Waals surface area contributed by atoms with E-state index in [0.717, 1.165) is 5.56 Å². The predicted molar refractivity (Wildman–Crippen MR) is 110 cm³/mol. The molecule has 146 valence electrons. The van der Waals surface area contributed by atoms with Crippen molar-refractivity contribution in [2.45, 2.75) is 20.4 Å². The van der Waals surface area contributed by atoms with Gasteiger partial charge in [0.25, 0.3) is 5.91 Å². The number of hydrogen-bond acceptors (Lipinski definition) is 4. The van der Waals surface area contributed by atoms with Crippen molar-refractivity contribution in [1.82, 2.24) is 4.90 Å². The van der Waals surface area contributed by atoms with E-state index in [1.807, 2.05) is 26.0 Å². The van der Waals surface area contributed by atoms with E-state index >= 15 is 0 Å². The number of ether oxygens (including phenoxy) is 1. The summed E-state index contributed by atoms with van der Waals surface area (Å²) in [6.45, 7) is 4.25. The van der Waals surface area contributed by atoms with E-state index in [4.69, 9.17) is 10.5 Å². The normalized spacial score (nSPS) is 10.1. The summed E-state index contributed by atoms with van der Waals surface area (Å²) in [6, 6.07) is 12.3. The molecule has 0 fully saturated rings. The Morgan fingerprint density at radius 3 is 2.30 bits per heavy atom. The molecule has 2 rings (SSSR count). The first-order valence-corrected chi connectivity index (χ1v) is 8.40. The Labute approximate surface area is 166 Å². The molecule has 6 nitrogen and oxygen atoms in total. The van der Waals surface area contributed by atoms with Crippen LogP contribution < -0.4 is 15.8 Å². The maximum Gasteiger partial charge on any atom is 0.255 e. The van der Waals surface area contributed by atoms with Crippen LogP contribution in [-0.2, 0) is 11.3 Å². The van der Waals surface area contributed by atoms with E-state index in [9.17, 15) is 9.59 Å². The van der Waals surface area contributed by atoms with Crippen molar-refractivity contribution in [2.24, 2.45) is 5.92 Å². The molecule has 0 aliphatic heterocycles. The Morgan fingerprint density at radius 2 is 1.78 bits per heavy atom. The van der Waals surface area contributed by atoms with Gasteiger partial charge < -0.3 is 20.7 Å². The van der Waals surface area contributed by atoms with Crippen LogP contribution in [0.1, 0.15) is 29.8 Å². The minimum Gasteiger partial charge on any atom is -0.495 e. The lowest BCUT2D eigenvalue weighted by Gasteiger charge is -2.19. The van der Waals surface area contributed by atoms with Crippen LogP contribution in [0.3, 0.4) is 0 Å². The summed E-state index contributed by atoms with van der Waals surface area (Å²) < 4.78 is 5.10. The highest BCUT2D eigenvalue weighted by Gasteiger charge is 2.13. The number of nitrogens with two attached hydrogens (primary N) is 1. The number of nitrogen functional groups attached to an aromatic ring is 1. The molecule has 0 aliphatic carbocycles. The number of anilines is 2. The maximum absolute atomic E-state index is 12.4. The molecule has 0 unspecified atom stereocenters. The Balaban J connectivity index is 0.00000364. The third-order valence-electron chi connectivity index (χ3n) is 3.99. The Hall–Kier alpha value is -2.73. The van der Waals surface area contributed by atoms with Crippen LogP contribution in [0.25, 0.3) is 0 Å². The van der Waals surface area contributed by atoms with Crippen LogP contribution in [0.15, 0.2) is 42.5 Å². The Morgan fingerprint density at radius 1 is 1.15 bits per heavy atom. The molecular formula is C20H26ClN3O3. The molecule has 2 aromatic carbocycles. The average Bonchev–Trinajstić information content (AvgIpc) is 2.61. The molecule has 2 aromatic rings. The second kappa shape index (κ2) is 9.83. The molecule has 27 heavy (non-hydrogen) atoms. The van der Waals surface area contributed by atoms with Crippen molar-refractivity contribution < 1.29 is 14.3 Å². The molecular weight excluding hydrogens is 366 g/mol. The summed E-state index contributed by atoms with van der Waals surface area (Å²) >= 11 is 0. The number of amides is 2. The van der Waals surface area contributed by atoms with E-state index in [1.165, 1.54) is 7.11 Å². The molecule has 0 bridgehead atoms. The van der Waals surface area contributed by atoms with Crippen LogP contribution in [-0.4, -0.2) is 30.9 Å². The molecule has 0 saturated heterocycles. The SMILES string of the molecule is COc1ccc(NC(=O)c2ccc(CN(C)C(=O)C(C)C)cc2)cc1N.Cl. The van der Waals surface area contributed by atoms with Gasteiger partial charge in [0.1, 0.15) is 5.75 Å². The zero-order chi connectivity index (χ0) is 19.3. The molecule has 0 radical (unpaired) electrons. The van der Waals surface area contributed by atoms with Crippen molar-refractivity contribution in [2.75, 3.05) is 25.2 Å². The van der Waals surface area contributed by atoms with E-state index in [1.54, 1.807) is 42.3 Å². The largest absolute Gasteiger partial charge is 0.495 e. The van der Waals surface area contributed by atoms with Gasteiger partial charge in [-0.2, -0.15) is 0 Å². The first kappa shape index (κ1) is 22.3. The number of halogens is 1. The van der Waals surface area contributed by atoms with E-state index in [0.29, 0.717) is 29.2 Å². The van der Waals surface area contributed by atoms with Crippen molar-refractivity contribution in [3.8, 4) is 5.75 Å². The van der Waals surface area contributed by atoms with Gasteiger partial charge in [0.05, 0.1) is 12.8 Å². The number of carbonyl (C=O) groups excluding carboxylic acids is 2. The van der Waals surface area contributed by atoms with Crippen molar-refractivity contribution >= 4 is 35.6 Å².